The molecule has 0 bridgehead atoms. The first-order valence-electron chi connectivity index (χ1n) is 10.0. The van der Waals surface area contributed by atoms with E-state index >= 15 is 0 Å². The van der Waals surface area contributed by atoms with E-state index in [2.05, 4.69) is 16.3 Å². The van der Waals surface area contributed by atoms with E-state index in [1.54, 1.807) is 28.4 Å². The Balaban J connectivity index is 1.50. The minimum absolute atomic E-state index is 0.0305. The minimum atomic E-state index is 0.0305. The highest BCUT2D eigenvalue weighted by Crippen LogP contribution is 2.33. The molecule has 1 amide bonds. The lowest BCUT2D eigenvalue weighted by atomic mass is 9.98. The van der Waals surface area contributed by atoms with Gasteiger partial charge in [0.15, 0.2) is 23.0 Å². The van der Waals surface area contributed by atoms with E-state index in [-0.39, 0.29) is 5.91 Å². The molecule has 1 aliphatic rings. The molecule has 0 spiro atoms. The minimum Gasteiger partial charge on any atom is -0.493 e. The van der Waals surface area contributed by atoms with E-state index in [9.17, 15) is 4.79 Å². The SMILES string of the molecule is COc1ccc(CNC(=O)CCN2CCc3cc(OC)c(OC)cc3C2)cc1OC. The van der Waals surface area contributed by atoms with Crippen molar-refractivity contribution in [3.05, 3.63) is 47.0 Å². The monoisotopic (exact) mass is 414 g/mol. The molecule has 0 radical (unpaired) electrons. The van der Waals surface area contributed by atoms with Crippen LogP contribution in [0.1, 0.15) is 23.1 Å². The number of hydrogen-bond acceptors (Lipinski definition) is 6. The third-order valence-electron chi connectivity index (χ3n) is 5.39. The standard InChI is InChI=1S/C23H30N2O5/c1-27-19-6-5-16(11-20(19)28-2)14-24-23(26)8-10-25-9-7-17-12-21(29-3)22(30-4)13-18(17)15-25/h5-6,11-13H,7-10,14-15H2,1-4H3,(H,24,26). The molecule has 0 saturated carbocycles. The number of rotatable bonds is 9. The topological polar surface area (TPSA) is 69.3 Å². The third kappa shape index (κ3) is 5.16. The summed E-state index contributed by atoms with van der Waals surface area (Å²) in [6.07, 6.45) is 1.39. The smallest absolute Gasteiger partial charge is 0.221 e. The maximum Gasteiger partial charge on any atom is 0.221 e. The normalized spacial score (nSPS) is 13.3. The molecular weight excluding hydrogens is 384 g/mol. The first kappa shape index (κ1) is 21.8. The molecule has 0 aromatic heterocycles. The van der Waals surface area contributed by atoms with Gasteiger partial charge in [-0.15, -0.1) is 0 Å². The maximum absolute atomic E-state index is 12.3. The Labute approximate surface area is 177 Å². The molecule has 1 aliphatic heterocycles. The zero-order chi connectivity index (χ0) is 21.5. The van der Waals surface area contributed by atoms with Crippen molar-refractivity contribution in [2.45, 2.75) is 25.9 Å². The van der Waals surface area contributed by atoms with Gasteiger partial charge in [0.2, 0.25) is 5.91 Å². The van der Waals surface area contributed by atoms with Crippen LogP contribution in [-0.4, -0.2) is 52.3 Å². The first-order chi connectivity index (χ1) is 14.6. The highest BCUT2D eigenvalue weighted by molar-refractivity contribution is 5.76. The predicted molar refractivity (Wildman–Crippen MR) is 115 cm³/mol. The van der Waals surface area contributed by atoms with Gasteiger partial charge in [0.1, 0.15) is 0 Å². The maximum atomic E-state index is 12.3. The number of carbonyl (C=O) groups excluding carboxylic acids is 1. The summed E-state index contributed by atoms with van der Waals surface area (Å²) in [6, 6.07) is 9.74. The summed E-state index contributed by atoms with van der Waals surface area (Å²) in [7, 11) is 6.50. The molecule has 7 nitrogen and oxygen atoms in total. The average molecular weight is 415 g/mol. The molecule has 0 fully saturated rings. The van der Waals surface area contributed by atoms with Crippen LogP contribution in [0.5, 0.6) is 23.0 Å². The number of fused-ring (bicyclic) bond motifs is 1. The third-order valence-corrected chi connectivity index (χ3v) is 5.39. The van der Waals surface area contributed by atoms with Crippen molar-refractivity contribution in [1.82, 2.24) is 10.2 Å². The number of nitrogens with one attached hydrogen (secondary N) is 1. The lowest BCUT2D eigenvalue weighted by Gasteiger charge is -2.29. The van der Waals surface area contributed by atoms with Gasteiger partial charge >= 0.3 is 0 Å². The van der Waals surface area contributed by atoms with E-state index in [1.807, 2.05) is 24.3 Å². The summed E-state index contributed by atoms with van der Waals surface area (Å²) >= 11 is 0. The number of methoxy groups -OCH3 is 4. The van der Waals surface area contributed by atoms with Crippen LogP contribution in [0.4, 0.5) is 0 Å². The quantitative estimate of drug-likeness (QED) is 0.681. The summed E-state index contributed by atoms with van der Waals surface area (Å²) in [6.45, 7) is 2.90. The Morgan fingerprint density at radius 1 is 0.900 bits per heavy atom. The van der Waals surface area contributed by atoms with E-state index in [0.29, 0.717) is 31.0 Å². The second-order valence-corrected chi connectivity index (χ2v) is 7.22. The van der Waals surface area contributed by atoms with Crippen LogP contribution < -0.4 is 24.3 Å². The van der Waals surface area contributed by atoms with Gasteiger partial charge in [-0.3, -0.25) is 9.69 Å². The largest absolute Gasteiger partial charge is 0.493 e. The van der Waals surface area contributed by atoms with Crippen molar-refractivity contribution in [3.63, 3.8) is 0 Å². The van der Waals surface area contributed by atoms with Gasteiger partial charge in [-0.1, -0.05) is 6.07 Å². The van der Waals surface area contributed by atoms with Crippen LogP contribution in [0.15, 0.2) is 30.3 Å². The zero-order valence-electron chi connectivity index (χ0n) is 18.1. The molecule has 1 N–H and O–H groups in total. The Hall–Kier alpha value is -2.93. The van der Waals surface area contributed by atoms with E-state index in [0.717, 1.165) is 36.6 Å². The second-order valence-electron chi connectivity index (χ2n) is 7.22. The molecule has 7 heteroatoms. The van der Waals surface area contributed by atoms with Gasteiger partial charge in [0, 0.05) is 32.6 Å². The predicted octanol–water partition coefficient (Wildman–Crippen LogP) is 2.79. The zero-order valence-corrected chi connectivity index (χ0v) is 18.1. The van der Waals surface area contributed by atoms with Crippen molar-refractivity contribution in [2.24, 2.45) is 0 Å². The Morgan fingerprint density at radius 3 is 2.20 bits per heavy atom. The fourth-order valence-corrected chi connectivity index (χ4v) is 3.67. The molecule has 2 aromatic carbocycles. The van der Waals surface area contributed by atoms with Gasteiger partial charge in [0.05, 0.1) is 28.4 Å². The Morgan fingerprint density at radius 2 is 1.53 bits per heavy atom. The number of carbonyl (C=O) groups is 1. The molecule has 3 rings (SSSR count). The lowest BCUT2D eigenvalue weighted by molar-refractivity contribution is -0.121. The molecule has 0 aliphatic carbocycles. The highest BCUT2D eigenvalue weighted by Gasteiger charge is 2.20. The van der Waals surface area contributed by atoms with Gasteiger partial charge in [-0.25, -0.2) is 0 Å². The molecule has 0 atom stereocenters. The van der Waals surface area contributed by atoms with Gasteiger partial charge in [-0.2, -0.15) is 0 Å². The van der Waals surface area contributed by atoms with Gasteiger partial charge in [0.25, 0.3) is 0 Å². The van der Waals surface area contributed by atoms with Crippen molar-refractivity contribution in [3.8, 4) is 23.0 Å². The van der Waals surface area contributed by atoms with Crippen molar-refractivity contribution in [2.75, 3.05) is 41.5 Å². The molecule has 2 aromatic rings. The number of amides is 1. The van der Waals surface area contributed by atoms with Crippen LogP contribution in [0.25, 0.3) is 0 Å². The van der Waals surface area contributed by atoms with Crippen molar-refractivity contribution < 1.29 is 23.7 Å². The summed E-state index contributed by atoms with van der Waals surface area (Å²) in [5, 5.41) is 2.98. The molecule has 0 unspecified atom stereocenters. The molecule has 162 valence electrons. The van der Waals surface area contributed by atoms with Crippen molar-refractivity contribution >= 4 is 5.91 Å². The number of benzene rings is 2. The van der Waals surface area contributed by atoms with Gasteiger partial charge < -0.3 is 24.3 Å². The molecule has 30 heavy (non-hydrogen) atoms. The summed E-state index contributed by atoms with van der Waals surface area (Å²) in [5.74, 6) is 2.86. The van der Waals surface area contributed by atoms with Crippen LogP contribution >= 0.6 is 0 Å². The number of hydrogen-bond donors (Lipinski definition) is 1. The van der Waals surface area contributed by atoms with E-state index < -0.39 is 0 Å². The summed E-state index contributed by atoms with van der Waals surface area (Å²) < 4.78 is 21.4. The molecule has 0 saturated heterocycles. The average Bonchev–Trinajstić information content (AvgIpc) is 2.79. The fourth-order valence-electron chi connectivity index (χ4n) is 3.67. The summed E-state index contributed by atoms with van der Waals surface area (Å²) in [4.78, 5) is 14.6. The second kappa shape index (κ2) is 10.2. The van der Waals surface area contributed by atoms with E-state index in [1.165, 1.54) is 11.1 Å². The number of ether oxygens (including phenoxy) is 4. The highest BCUT2D eigenvalue weighted by atomic mass is 16.5. The van der Waals surface area contributed by atoms with Crippen LogP contribution in [0, 0.1) is 0 Å². The first-order valence-corrected chi connectivity index (χ1v) is 10.0. The number of nitrogens with zero attached hydrogens (tertiary/aromatic N) is 1. The molecule has 1 heterocycles. The fraction of sp³-hybridized carbons (Fsp3) is 0.435. The van der Waals surface area contributed by atoms with Crippen LogP contribution in [0.2, 0.25) is 0 Å². The van der Waals surface area contributed by atoms with Crippen LogP contribution in [-0.2, 0) is 24.3 Å². The van der Waals surface area contributed by atoms with Crippen molar-refractivity contribution in [1.29, 1.82) is 0 Å². The Bertz CT molecular complexity index is 884. The Kier molecular flexibility index (Phi) is 7.41. The van der Waals surface area contributed by atoms with Gasteiger partial charge in [-0.05, 0) is 47.4 Å². The summed E-state index contributed by atoms with van der Waals surface area (Å²) in [5.41, 5.74) is 3.47. The van der Waals surface area contributed by atoms with E-state index in [4.69, 9.17) is 18.9 Å². The molecular formula is C23H30N2O5. The van der Waals surface area contributed by atoms with Crippen LogP contribution in [0.3, 0.4) is 0 Å². The lowest BCUT2D eigenvalue weighted by Crippen LogP contribution is -2.34.